The lowest BCUT2D eigenvalue weighted by Gasteiger charge is -2.27. The van der Waals surface area contributed by atoms with Gasteiger partial charge < -0.3 is 10.3 Å². The van der Waals surface area contributed by atoms with Gasteiger partial charge in [-0.15, -0.1) is 0 Å². The lowest BCUT2D eigenvalue weighted by Crippen LogP contribution is -2.43. The van der Waals surface area contributed by atoms with Crippen LogP contribution in [0, 0.1) is 11.3 Å². The Morgan fingerprint density at radius 1 is 1.12 bits per heavy atom. The summed E-state index contributed by atoms with van der Waals surface area (Å²) in [6, 6.07) is 17.5. The van der Waals surface area contributed by atoms with Gasteiger partial charge in [0, 0.05) is 31.9 Å². The highest BCUT2D eigenvalue weighted by Gasteiger charge is 2.24. The standard InChI is InChI=1S/C25H28N6O/c1-19(25(32)29-23-9-7-22(8-10-23)24-16-27-18-28-24)31-12-2-11-30(13-14-31)17-21-5-3-20(15-26)4-6-21/h3-10,16,18-19H,2,11-14,17H2,1H3,(H,27,28)(H,29,32)/t19-/m1/s1. The normalized spacial score (nSPS) is 16.1. The van der Waals surface area contributed by atoms with E-state index in [2.05, 4.69) is 31.2 Å². The smallest absolute Gasteiger partial charge is 0.241 e. The van der Waals surface area contributed by atoms with Crippen LogP contribution in [0.25, 0.3) is 11.3 Å². The lowest BCUT2D eigenvalue weighted by molar-refractivity contribution is -0.120. The van der Waals surface area contributed by atoms with Gasteiger partial charge in [-0.2, -0.15) is 5.26 Å². The molecule has 1 aromatic heterocycles. The third-order valence-corrected chi connectivity index (χ3v) is 6.00. The Morgan fingerprint density at radius 3 is 2.59 bits per heavy atom. The summed E-state index contributed by atoms with van der Waals surface area (Å²) in [6.07, 6.45) is 4.45. The molecule has 1 atom stereocenters. The summed E-state index contributed by atoms with van der Waals surface area (Å²) >= 11 is 0. The zero-order chi connectivity index (χ0) is 22.3. The van der Waals surface area contributed by atoms with E-state index in [0.717, 1.165) is 56.1 Å². The maximum absolute atomic E-state index is 12.9. The van der Waals surface area contributed by atoms with Crippen LogP contribution in [0.2, 0.25) is 0 Å². The van der Waals surface area contributed by atoms with E-state index in [1.807, 2.05) is 55.5 Å². The number of hydrogen-bond donors (Lipinski definition) is 2. The Hall–Kier alpha value is -3.47. The predicted octanol–water partition coefficient (Wildman–Crippen LogP) is 3.48. The zero-order valence-electron chi connectivity index (χ0n) is 18.3. The molecule has 2 N–H and O–H groups in total. The van der Waals surface area contributed by atoms with Crippen molar-refractivity contribution in [3.8, 4) is 17.3 Å². The van der Waals surface area contributed by atoms with Crippen molar-refractivity contribution in [2.45, 2.75) is 25.9 Å². The molecule has 3 aromatic rings. The van der Waals surface area contributed by atoms with E-state index in [0.29, 0.717) is 5.56 Å². The summed E-state index contributed by atoms with van der Waals surface area (Å²) in [5.41, 5.74) is 4.67. The Morgan fingerprint density at radius 2 is 1.91 bits per heavy atom. The van der Waals surface area contributed by atoms with Gasteiger partial charge >= 0.3 is 0 Å². The average molecular weight is 429 g/mol. The van der Waals surface area contributed by atoms with Crippen LogP contribution in [0.1, 0.15) is 24.5 Å². The Bertz CT molecular complexity index is 1050. The van der Waals surface area contributed by atoms with E-state index in [4.69, 9.17) is 5.26 Å². The molecule has 0 aliphatic carbocycles. The van der Waals surface area contributed by atoms with Crippen molar-refractivity contribution in [2.75, 3.05) is 31.5 Å². The van der Waals surface area contributed by atoms with Crippen LogP contribution in [0.4, 0.5) is 5.69 Å². The second-order valence-corrected chi connectivity index (χ2v) is 8.18. The molecule has 4 rings (SSSR count). The fourth-order valence-electron chi connectivity index (χ4n) is 4.04. The summed E-state index contributed by atoms with van der Waals surface area (Å²) < 4.78 is 0. The third kappa shape index (κ3) is 5.41. The highest BCUT2D eigenvalue weighted by atomic mass is 16.2. The number of nitriles is 1. The van der Waals surface area contributed by atoms with Crippen molar-refractivity contribution < 1.29 is 4.79 Å². The van der Waals surface area contributed by atoms with Crippen molar-refractivity contribution in [1.82, 2.24) is 19.8 Å². The number of nitrogens with zero attached hydrogens (tertiary/aromatic N) is 4. The Labute approximate surface area is 188 Å². The van der Waals surface area contributed by atoms with Gasteiger partial charge in [0.1, 0.15) is 0 Å². The van der Waals surface area contributed by atoms with Gasteiger partial charge in [-0.05, 0) is 55.3 Å². The highest BCUT2D eigenvalue weighted by Crippen LogP contribution is 2.19. The molecule has 1 aliphatic heterocycles. The van der Waals surface area contributed by atoms with E-state index in [1.54, 1.807) is 12.5 Å². The molecule has 0 bridgehead atoms. The van der Waals surface area contributed by atoms with E-state index in [-0.39, 0.29) is 11.9 Å². The van der Waals surface area contributed by atoms with Gasteiger partial charge in [0.05, 0.1) is 35.9 Å². The van der Waals surface area contributed by atoms with Crippen LogP contribution >= 0.6 is 0 Å². The monoisotopic (exact) mass is 428 g/mol. The summed E-state index contributed by atoms with van der Waals surface area (Å²) in [6.45, 7) is 6.50. The first-order valence-corrected chi connectivity index (χ1v) is 11.0. The number of anilines is 1. The zero-order valence-corrected chi connectivity index (χ0v) is 18.3. The van der Waals surface area contributed by atoms with Crippen molar-refractivity contribution in [3.05, 3.63) is 72.2 Å². The average Bonchev–Trinajstić information content (AvgIpc) is 3.26. The largest absolute Gasteiger partial charge is 0.345 e. The van der Waals surface area contributed by atoms with Crippen LogP contribution in [-0.4, -0.2) is 57.9 Å². The molecule has 1 fully saturated rings. The number of aromatic nitrogens is 2. The second kappa shape index (κ2) is 10.2. The van der Waals surface area contributed by atoms with Gasteiger partial charge in [0.25, 0.3) is 0 Å². The van der Waals surface area contributed by atoms with Gasteiger partial charge in [-0.25, -0.2) is 4.98 Å². The van der Waals surface area contributed by atoms with Crippen molar-refractivity contribution >= 4 is 11.6 Å². The number of imidazole rings is 1. The topological polar surface area (TPSA) is 88.1 Å². The quantitative estimate of drug-likeness (QED) is 0.628. The van der Waals surface area contributed by atoms with Gasteiger partial charge in [0.2, 0.25) is 5.91 Å². The highest BCUT2D eigenvalue weighted by molar-refractivity contribution is 5.94. The van der Waals surface area contributed by atoms with Crippen molar-refractivity contribution in [3.63, 3.8) is 0 Å². The van der Waals surface area contributed by atoms with Gasteiger partial charge in [0.15, 0.2) is 0 Å². The summed E-state index contributed by atoms with van der Waals surface area (Å²) in [4.78, 5) is 24.7. The minimum atomic E-state index is -0.197. The molecule has 2 aromatic carbocycles. The SMILES string of the molecule is C[C@H](C(=O)Nc1ccc(-c2cnc[nH]2)cc1)N1CCCN(Cc2ccc(C#N)cc2)CC1. The van der Waals surface area contributed by atoms with Crippen LogP contribution < -0.4 is 5.32 Å². The minimum absolute atomic E-state index is 0.0137. The number of amides is 1. The minimum Gasteiger partial charge on any atom is -0.345 e. The molecule has 0 saturated carbocycles. The first-order chi connectivity index (χ1) is 15.6. The van der Waals surface area contributed by atoms with E-state index in [9.17, 15) is 4.79 Å². The molecule has 164 valence electrons. The first-order valence-electron chi connectivity index (χ1n) is 11.0. The van der Waals surface area contributed by atoms with E-state index < -0.39 is 0 Å². The molecule has 2 heterocycles. The molecule has 1 saturated heterocycles. The Kier molecular flexibility index (Phi) is 6.95. The number of nitrogens with one attached hydrogen (secondary N) is 2. The molecule has 32 heavy (non-hydrogen) atoms. The van der Waals surface area contributed by atoms with Crippen LogP contribution in [0.5, 0.6) is 0 Å². The number of carbonyl (C=O) groups excluding carboxylic acids is 1. The summed E-state index contributed by atoms with van der Waals surface area (Å²) in [5.74, 6) is 0.0137. The van der Waals surface area contributed by atoms with Crippen LogP contribution in [0.3, 0.4) is 0 Å². The molecular weight excluding hydrogens is 400 g/mol. The summed E-state index contributed by atoms with van der Waals surface area (Å²) in [7, 11) is 0. The molecule has 0 radical (unpaired) electrons. The first kappa shape index (κ1) is 21.8. The second-order valence-electron chi connectivity index (χ2n) is 8.18. The molecule has 1 aliphatic rings. The number of hydrogen-bond acceptors (Lipinski definition) is 5. The van der Waals surface area contributed by atoms with E-state index >= 15 is 0 Å². The molecule has 1 amide bonds. The fourth-order valence-corrected chi connectivity index (χ4v) is 4.04. The van der Waals surface area contributed by atoms with Crippen LogP contribution in [0.15, 0.2) is 61.1 Å². The molecule has 7 heteroatoms. The van der Waals surface area contributed by atoms with Crippen molar-refractivity contribution in [1.29, 1.82) is 5.26 Å². The molecule has 0 spiro atoms. The number of benzene rings is 2. The number of carbonyl (C=O) groups is 1. The number of aromatic amines is 1. The van der Waals surface area contributed by atoms with Gasteiger partial charge in [-0.1, -0.05) is 24.3 Å². The molecule has 0 unspecified atom stereocenters. The van der Waals surface area contributed by atoms with Crippen LogP contribution in [-0.2, 0) is 11.3 Å². The lowest BCUT2D eigenvalue weighted by atomic mass is 10.1. The van der Waals surface area contributed by atoms with Crippen molar-refractivity contribution in [2.24, 2.45) is 0 Å². The Balaban J connectivity index is 1.29. The molecule has 7 nitrogen and oxygen atoms in total. The number of rotatable bonds is 6. The summed E-state index contributed by atoms with van der Waals surface area (Å²) in [5, 5.41) is 12.0. The predicted molar refractivity (Wildman–Crippen MR) is 125 cm³/mol. The fraction of sp³-hybridized carbons (Fsp3) is 0.320. The third-order valence-electron chi connectivity index (χ3n) is 6.00. The maximum atomic E-state index is 12.9. The molecular formula is C25H28N6O. The number of H-pyrrole nitrogens is 1. The van der Waals surface area contributed by atoms with Gasteiger partial charge in [-0.3, -0.25) is 14.6 Å². The maximum Gasteiger partial charge on any atom is 0.241 e. The van der Waals surface area contributed by atoms with E-state index in [1.165, 1.54) is 5.56 Å².